The van der Waals surface area contributed by atoms with Crippen molar-refractivity contribution in [2.24, 2.45) is 0 Å². The van der Waals surface area contributed by atoms with Gasteiger partial charge in [-0.3, -0.25) is 10.1 Å². The highest BCUT2D eigenvalue weighted by atomic mass is 16.6. The molecule has 1 rings (SSSR count). The third-order valence-corrected chi connectivity index (χ3v) is 1.30. The monoisotopic (exact) mass is 182 g/mol. The molecule has 0 saturated carbocycles. The Morgan fingerprint density at radius 3 is 2.85 bits per heavy atom. The smallest absolute Gasteiger partial charge is 0.330 e. The maximum atomic E-state index is 10.5. The molecule has 0 aromatic carbocycles. The quantitative estimate of drug-likeness (QED) is 0.527. The van der Waals surface area contributed by atoms with Gasteiger partial charge in [-0.25, -0.2) is 4.98 Å². The lowest BCUT2D eigenvalue weighted by Gasteiger charge is -2.07. The minimum atomic E-state index is -0.509. The largest absolute Gasteiger partial charge is 0.470 e. The second-order valence-corrected chi connectivity index (χ2v) is 2.75. The summed E-state index contributed by atoms with van der Waals surface area (Å²) in [5.41, 5.74) is -0.101. The summed E-state index contributed by atoms with van der Waals surface area (Å²) in [5, 5.41) is 10.5. The zero-order valence-electron chi connectivity index (χ0n) is 7.43. The Hall–Kier alpha value is -1.65. The summed E-state index contributed by atoms with van der Waals surface area (Å²) < 4.78 is 5.15. The molecule has 0 N–H and O–H groups in total. The zero-order valence-corrected chi connectivity index (χ0v) is 7.43. The van der Waals surface area contributed by atoms with Gasteiger partial charge in [0.05, 0.1) is 11.0 Å². The van der Waals surface area contributed by atoms with Crippen molar-refractivity contribution in [1.82, 2.24) is 4.98 Å². The van der Waals surface area contributed by atoms with Gasteiger partial charge in [-0.05, 0) is 19.9 Å². The summed E-state index contributed by atoms with van der Waals surface area (Å²) in [4.78, 5) is 13.8. The Labute approximate surface area is 75.5 Å². The first-order chi connectivity index (χ1) is 6.11. The van der Waals surface area contributed by atoms with Gasteiger partial charge < -0.3 is 4.74 Å². The molecule has 70 valence electrons. The molecule has 0 amide bonds. The molecule has 0 aliphatic carbocycles. The first-order valence-corrected chi connectivity index (χ1v) is 3.87. The van der Waals surface area contributed by atoms with E-state index >= 15 is 0 Å². The molecule has 0 aliphatic rings. The molecule has 0 atom stereocenters. The predicted molar refractivity (Wildman–Crippen MR) is 46.7 cm³/mol. The highest BCUT2D eigenvalue weighted by Gasteiger charge is 2.16. The molecule has 0 bridgehead atoms. The Kier molecular flexibility index (Phi) is 2.79. The van der Waals surface area contributed by atoms with Gasteiger partial charge >= 0.3 is 5.69 Å². The van der Waals surface area contributed by atoms with E-state index in [2.05, 4.69) is 4.98 Å². The van der Waals surface area contributed by atoms with Gasteiger partial charge in [0, 0.05) is 12.3 Å². The molecule has 1 aromatic heterocycles. The van der Waals surface area contributed by atoms with Gasteiger partial charge in [0.15, 0.2) is 0 Å². The van der Waals surface area contributed by atoms with Crippen LogP contribution in [0.2, 0.25) is 0 Å². The predicted octanol–water partition coefficient (Wildman–Crippen LogP) is 1.78. The van der Waals surface area contributed by atoms with E-state index in [4.69, 9.17) is 4.74 Å². The van der Waals surface area contributed by atoms with E-state index in [1.165, 1.54) is 18.3 Å². The molecule has 0 saturated heterocycles. The molecule has 0 radical (unpaired) electrons. The van der Waals surface area contributed by atoms with Gasteiger partial charge in [0.1, 0.15) is 0 Å². The van der Waals surface area contributed by atoms with Crippen LogP contribution in [-0.2, 0) is 0 Å². The van der Waals surface area contributed by atoms with Gasteiger partial charge in [-0.15, -0.1) is 0 Å². The number of hydrogen-bond acceptors (Lipinski definition) is 4. The molecule has 1 aromatic rings. The number of aromatic nitrogens is 1. The second-order valence-electron chi connectivity index (χ2n) is 2.75. The third kappa shape index (κ3) is 2.40. The van der Waals surface area contributed by atoms with Crippen molar-refractivity contribution in [3.05, 3.63) is 28.4 Å². The lowest BCUT2D eigenvalue weighted by molar-refractivity contribution is -0.386. The van der Waals surface area contributed by atoms with Gasteiger partial charge in [0.25, 0.3) is 5.88 Å². The first kappa shape index (κ1) is 9.44. The minimum absolute atomic E-state index is 0.0718. The highest BCUT2D eigenvalue weighted by molar-refractivity contribution is 5.39. The lowest BCUT2D eigenvalue weighted by atomic mass is 10.4. The van der Waals surface area contributed by atoms with Crippen LogP contribution in [0.5, 0.6) is 5.88 Å². The third-order valence-electron chi connectivity index (χ3n) is 1.30. The van der Waals surface area contributed by atoms with Gasteiger partial charge in [-0.1, -0.05) is 0 Å². The van der Waals surface area contributed by atoms with Gasteiger partial charge in [0.2, 0.25) is 0 Å². The van der Waals surface area contributed by atoms with E-state index in [1.807, 2.05) is 0 Å². The standard InChI is InChI=1S/C8H10N2O3/c1-6(2)13-8-7(10(11)12)4-3-5-9-8/h3-6H,1-2H3. The number of nitro groups is 1. The molecule has 5 heteroatoms. The summed E-state index contributed by atoms with van der Waals surface area (Å²) in [5.74, 6) is 0.0718. The maximum absolute atomic E-state index is 10.5. The average molecular weight is 182 g/mol. The van der Waals surface area contributed by atoms with Crippen LogP contribution in [0.3, 0.4) is 0 Å². The van der Waals surface area contributed by atoms with Crippen molar-refractivity contribution in [2.45, 2.75) is 20.0 Å². The fraction of sp³-hybridized carbons (Fsp3) is 0.375. The van der Waals surface area contributed by atoms with E-state index < -0.39 is 4.92 Å². The lowest BCUT2D eigenvalue weighted by Crippen LogP contribution is -2.08. The second kappa shape index (κ2) is 3.84. The van der Waals surface area contributed by atoms with Gasteiger partial charge in [-0.2, -0.15) is 0 Å². The minimum Gasteiger partial charge on any atom is -0.470 e. The van der Waals surface area contributed by atoms with Crippen LogP contribution in [0.4, 0.5) is 5.69 Å². The number of nitrogens with zero attached hydrogens (tertiary/aromatic N) is 2. The van der Waals surface area contributed by atoms with Crippen LogP contribution in [0.25, 0.3) is 0 Å². The summed E-state index contributed by atoms with van der Waals surface area (Å²) in [6.07, 6.45) is 1.35. The van der Waals surface area contributed by atoms with E-state index in [0.29, 0.717) is 0 Å². The summed E-state index contributed by atoms with van der Waals surface area (Å²) in [6.45, 7) is 3.58. The van der Waals surface area contributed by atoms with E-state index in [-0.39, 0.29) is 17.7 Å². The molecular weight excluding hydrogens is 172 g/mol. The van der Waals surface area contributed by atoms with Crippen molar-refractivity contribution < 1.29 is 9.66 Å². The molecule has 0 aliphatic heterocycles. The van der Waals surface area contributed by atoms with Crippen molar-refractivity contribution in [2.75, 3.05) is 0 Å². The summed E-state index contributed by atoms with van der Waals surface area (Å²) in [7, 11) is 0. The van der Waals surface area contributed by atoms with Crippen LogP contribution >= 0.6 is 0 Å². The SMILES string of the molecule is CC(C)Oc1ncccc1[N+](=O)[O-]. The Morgan fingerprint density at radius 1 is 1.62 bits per heavy atom. The molecule has 1 heterocycles. The average Bonchev–Trinajstić information content (AvgIpc) is 2.03. The maximum Gasteiger partial charge on any atom is 0.330 e. The van der Waals surface area contributed by atoms with E-state index in [1.54, 1.807) is 13.8 Å². The van der Waals surface area contributed by atoms with Crippen molar-refractivity contribution in [3.63, 3.8) is 0 Å². The van der Waals surface area contributed by atoms with Crippen molar-refractivity contribution >= 4 is 5.69 Å². The number of rotatable bonds is 3. The van der Waals surface area contributed by atoms with Crippen LogP contribution < -0.4 is 4.74 Å². The fourth-order valence-electron chi connectivity index (χ4n) is 0.835. The molecule has 13 heavy (non-hydrogen) atoms. The number of pyridine rings is 1. The van der Waals surface area contributed by atoms with Crippen LogP contribution in [0.15, 0.2) is 18.3 Å². The van der Waals surface area contributed by atoms with Crippen molar-refractivity contribution in [3.8, 4) is 5.88 Å². The van der Waals surface area contributed by atoms with E-state index in [0.717, 1.165) is 0 Å². The zero-order chi connectivity index (χ0) is 9.84. The Balaban J connectivity index is 2.98. The van der Waals surface area contributed by atoms with Crippen LogP contribution in [0, 0.1) is 10.1 Å². The first-order valence-electron chi connectivity index (χ1n) is 3.87. The molecule has 0 unspecified atom stereocenters. The Morgan fingerprint density at radius 2 is 2.31 bits per heavy atom. The summed E-state index contributed by atoms with van der Waals surface area (Å²) >= 11 is 0. The van der Waals surface area contributed by atoms with Crippen LogP contribution in [-0.4, -0.2) is 16.0 Å². The number of hydrogen-bond donors (Lipinski definition) is 0. The summed E-state index contributed by atoms with van der Waals surface area (Å²) in [6, 6.07) is 2.87. The topological polar surface area (TPSA) is 65.3 Å². The number of ether oxygens (including phenoxy) is 1. The normalized spacial score (nSPS) is 10.1. The van der Waals surface area contributed by atoms with Crippen molar-refractivity contribution in [1.29, 1.82) is 0 Å². The highest BCUT2D eigenvalue weighted by Crippen LogP contribution is 2.23. The molecule has 0 spiro atoms. The Bertz CT molecular complexity index is 312. The van der Waals surface area contributed by atoms with Crippen LogP contribution in [0.1, 0.15) is 13.8 Å². The molecule has 5 nitrogen and oxygen atoms in total. The fourth-order valence-corrected chi connectivity index (χ4v) is 0.835. The molecule has 0 fully saturated rings. The molecular formula is C8H10N2O3. The van der Waals surface area contributed by atoms with E-state index in [9.17, 15) is 10.1 Å².